The second-order valence-corrected chi connectivity index (χ2v) is 11.5. The number of carbonyl (C=O) groups excluding carboxylic acids is 1. The molecule has 1 saturated carbocycles. The number of hydrogen-bond donors (Lipinski definition) is 1. The molecule has 4 rings (SSSR count). The van der Waals surface area contributed by atoms with Gasteiger partial charge < -0.3 is 24.3 Å². The SMILES string of the molecule is COCCCc1cc(CCCOC)c(Br)c(CN(C(=O)[C@H]2CNCC[C@@H]2c2ccn(C)c(=O)c2)C2CC2)c1. The smallest absolute Gasteiger partial charge is 0.250 e. The van der Waals surface area contributed by atoms with Gasteiger partial charge in [0.1, 0.15) is 0 Å². The third-order valence-corrected chi connectivity index (χ3v) is 8.88. The maximum absolute atomic E-state index is 14.2. The quantitative estimate of drug-likeness (QED) is 0.356. The largest absolute Gasteiger partial charge is 0.385 e. The van der Waals surface area contributed by atoms with Gasteiger partial charge in [0.2, 0.25) is 5.91 Å². The van der Waals surface area contributed by atoms with Gasteiger partial charge in [0.05, 0.1) is 5.92 Å². The lowest BCUT2D eigenvalue weighted by molar-refractivity contribution is -0.138. The van der Waals surface area contributed by atoms with Gasteiger partial charge in [-0.2, -0.15) is 0 Å². The number of aromatic nitrogens is 1. The molecule has 1 aromatic heterocycles. The van der Waals surface area contributed by atoms with E-state index in [4.69, 9.17) is 9.47 Å². The van der Waals surface area contributed by atoms with Crippen LogP contribution in [0.5, 0.6) is 0 Å². The van der Waals surface area contributed by atoms with Crippen molar-refractivity contribution in [1.29, 1.82) is 0 Å². The van der Waals surface area contributed by atoms with Crippen LogP contribution in [0.4, 0.5) is 0 Å². The topological polar surface area (TPSA) is 72.8 Å². The summed E-state index contributed by atoms with van der Waals surface area (Å²) in [5, 5.41) is 3.44. The fourth-order valence-electron chi connectivity index (χ4n) is 5.57. The number of rotatable bonds is 13. The Morgan fingerprint density at radius 2 is 1.79 bits per heavy atom. The fraction of sp³-hybridized carbons (Fsp3) is 0.600. The van der Waals surface area contributed by atoms with Gasteiger partial charge in [-0.3, -0.25) is 9.59 Å². The summed E-state index contributed by atoms with van der Waals surface area (Å²) in [6, 6.07) is 8.56. The van der Waals surface area contributed by atoms with Crippen LogP contribution in [0.25, 0.3) is 0 Å². The van der Waals surface area contributed by atoms with Gasteiger partial charge in [0.15, 0.2) is 0 Å². The van der Waals surface area contributed by atoms with E-state index >= 15 is 0 Å². The summed E-state index contributed by atoms with van der Waals surface area (Å²) in [7, 11) is 5.24. The lowest BCUT2D eigenvalue weighted by atomic mass is 9.80. The number of methoxy groups -OCH3 is 2. The Morgan fingerprint density at radius 1 is 1.08 bits per heavy atom. The van der Waals surface area contributed by atoms with E-state index in [0.717, 1.165) is 74.7 Å². The second kappa shape index (κ2) is 13.9. The van der Waals surface area contributed by atoms with Gasteiger partial charge in [-0.15, -0.1) is 0 Å². The molecule has 1 N–H and O–H groups in total. The first kappa shape index (κ1) is 29.0. The maximum atomic E-state index is 14.2. The van der Waals surface area contributed by atoms with E-state index in [1.807, 2.05) is 12.3 Å². The number of piperidine rings is 1. The molecule has 0 spiro atoms. The Labute approximate surface area is 235 Å². The average molecular weight is 589 g/mol. The average Bonchev–Trinajstić information content (AvgIpc) is 3.76. The van der Waals surface area contributed by atoms with Crippen molar-refractivity contribution in [3.05, 3.63) is 67.5 Å². The van der Waals surface area contributed by atoms with Crippen LogP contribution in [0.1, 0.15) is 60.3 Å². The van der Waals surface area contributed by atoms with Gasteiger partial charge in [0.25, 0.3) is 5.56 Å². The summed E-state index contributed by atoms with van der Waals surface area (Å²) in [4.78, 5) is 28.7. The number of nitrogens with one attached hydrogen (secondary N) is 1. The standard InChI is InChI=1S/C30H42BrN3O4/c1-33-13-11-22(18-28(33)35)26-10-12-32-19-27(26)30(36)34(25-8-9-25)20-24-17-21(6-4-14-37-2)16-23(29(24)31)7-5-15-38-3/h11,13,16-18,25-27,32H,4-10,12,14-15,19-20H2,1-3H3/t26-,27+/m1/s1. The van der Waals surface area contributed by atoms with Crippen LogP contribution in [-0.4, -0.2) is 61.9 Å². The molecule has 1 aromatic carbocycles. The van der Waals surface area contributed by atoms with E-state index in [1.165, 1.54) is 16.7 Å². The maximum Gasteiger partial charge on any atom is 0.250 e. The van der Waals surface area contributed by atoms with Gasteiger partial charge in [-0.05, 0) is 85.7 Å². The van der Waals surface area contributed by atoms with E-state index in [0.29, 0.717) is 13.1 Å². The number of carbonyl (C=O) groups is 1. The van der Waals surface area contributed by atoms with E-state index in [9.17, 15) is 9.59 Å². The zero-order valence-electron chi connectivity index (χ0n) is 23.0. The van der Waals surface area contributed by atoms with E-state index in [1.54, 1.807) is 31.9 Å². The van der Waals surface area contributed by atoms with Crippen LogP contribution in [0.15, 0.2) is 39.7 Å². The minimum atomic E-state index is -0.179. The van der Waals surface area contributed by atoms with Gasteiger partial charge in [0, 0.05) is 70.3 Å². The van der Waals surface area contributed by atoms with E-state index in [2.05, 4.69) is 38.3 Å². The molecule has 7 nitrogen and oxygen atoms in total. The molecule has 2 heterocycles. The lowest BCUT2D eigenvalue weighted by Crippen LogP contribution is -2.47. The Bertz CT molecular complexity index is 1150. The summed E-state index contributed by atoms with van der Waals surface area (Å²) in [5.41, 5.74) is 4.68. The second-order valence-electron chi connectivity index (χ2n) is 10.7. The molecule has 1 aliphatic carbocycles. The summed E-state index contributed by atoms with van der Waals surface area (Å²) < 4.78 is 13.3. The highest BCUT2D eigenvalue weighted by Gasteiger charge is 2.40. The zero-order valence-corrected chi connectivity index (χ0v) is 24.6. The monoisotopic (exact) mass is 587 g/mol. The summed E-state index contributed by atoms with van der Waals surface area (Å²) >= 11 is 3.90. The van der Waals surface area contributed by atoms with Gasteiger partial charge in [-0.1, -0.05) is 28.1 Å². The van der Waals surface area contributed by atoms with Crippen molar-refractivity contribution in [3.8, 4) is 0 Å². The minimum Gasteiger partial charge on any atom is -0.385 e. The molecule has 2 atom stereocenters. The zero-order chi connectivity index (χ0) is 27.1. The van der Waals surface area contributed by atoms with E-state index < -0.39 is 0 Å². The summed E-state index contributed by atoms with van der Waals surface area (Å²) in [5.74, 6) is 0.0663. The molecule has 2 aliphatic rings. The number of nitrogens with zero attached hydrogens (tertiary/aromatic N) is 2. The normalized spacial score (nSPS) is 19.5. The molecule has 2 aromatic rings. The number of benzene rings is 1. The lowest BCUT2D eigenvalue weighted by Gasteiger charge is -2.36. The number of ether oxygens (including phenoxy) is 2. The van der Waals surface area contributed by atoms with Crippen molar-refractivity contribution in [2.45, 2.75) is 63.5 Å². The molecule has 8 heteroatoms. The third kappa shape index (κ3) is 7.34. The van der Waals surface area contributed by atoms with Crippen LogP contribution in [0.2, 0.25) is 0 Å². The summed E-state index contributed by atoms with van der Waals surface area (Å²) in [6.45, 7) is 3.55. The van der Waals surface area contributed by atoms with Crippen LogP contribution in [0, 0.1) is 5.92 Å². The first-order valence-corrected chi connectivity index (χ1v) is 14.7. The minimum absolute atomic E-state index is 0.0264. The Hall–Kier alpha value is -2.00. The summed E-state index contributed by atoms with van der Waals surface area (Å²) in [6.07, 6.45) is 8.55. The molecule has 208 valence electrons. The highest BCUT2D eigenvalue weighted by atomic mass is 79.9. The van der Waals surface area contributed by atoms with Crippen molar-refractivity contribution in [2.75, 3.05) is 40.5 Å². The number of amides is 1. The molecule has 1 saturated heterocycles. The van der Waals surface area contributed by atoms with E-state index in [-0.39, 0.29) is 29.3 Å². The van der Waals surface area contributed by atoms with Gasteiger partial charge in [-0.25, -0.2) is 0 Å². The predicted octanol–water partition coefficient (Wildman–Crippen LogP) is 4.19. The highest BCUT2D eigenvalue weighted by molar-refractivity contribution is 9.10. The van der Waals surface area contributed by atoms with Crippen LogP contribution in [-0.2, 0) is 40.7 Å². The fourth-order valence-corrected chi connectivity index (χ4v) is 6.12. The molecule has 0 radical (unpaired) electrons. The molecular formula is C30H42BrN3O4. The molecule has 0 bridgehead atoms. The van der Waals surface area contributed by atoms with Crippen molar-refractivity contribution in [3.63, 3.8) is 0 Å². The van der Waals surface area contributed by atoms with Crippen molar-refractivity contribution >= 4 is 21.8 Å². The molecular weight excluding hydrogens is 546 g/mol. The number of aryl methyl sites for hydroxylation is 3. The molecule has 1 amide bonds. The molecule has 1 aliphatic heterocycles. The Morgan fingerprint density at radius 3 is 2.47 bits per heavy atom. The molecule has 2 fully saturated rings. The number of pyridine rings is 1. The Balaban J connectivity index is 1.59. The van der Waals surface area contributed by atoms with Crippen molar-refractivity contribution in [2.24, 2.45) is 13.0 Å². The predicted molar refractivity (Wildman–Crippen MR) is 154 cm³/mol. The number of halogens is 1. The first-order chi connectivity index (χ1) is 18.4. The number of hydrogen-bond acceptors (Lipinski definition) is 5. The Kier molecular flexibility index (Phi) is 10.6. The highest BCUT2D eigenvalue weighted by Crippen LogP contribution is 2.37. The van der Waals surface area contributed by atoms with Crippen molar-refractivity contribution < 1.29 is 14.3 Å². The van der Waals surface area contributed by atoms with Crippen LogP contribution < -0.4 is 10.9 Å². The van der Waals surface area contributed by atoms with Crippen LogP contribution >= 0.6 is 15.9 Å². The first-order valence-electron chi connectivity index (χ1n) is 13.9. The third-order valence-electron chi connectivity index (χ3n) is 7.86. The van der Waals surface area contributed by atoms with Gasteiger partial charge >= 0.3 is 0 Å². The molecule has 0 unspecified atom stereocenters. The van der Waals surface area contributed by atoms with Crippen molar-refractivity contribution in [1.82, 2.24) is 14.8 Å². The molecule has 38 heavy (non-hydrogen) atoms. The van der Waals surface area contributed by atoms with Crippen LogP contribution in [0.3, 0.4) is 0 Å².